The maximum absolute atomic E-state index is 8.86. The van der Waals surface area contributed by atoms with Gasteiger partial charge in [-0.15, -0.1) is 0 Å². The van der Waals surface area contributed by atoms with Crippen LogP contribution in [0.1, 0.15) is 0 Å². The van der Waals surface area contributed by atoms with Crippen LogP contribution in [0.25, 0.3) is 11.1 Å². The highest BCUT2D eigenvalue weighted by Crippen LogP contribution is 2.25. The molecule has 0 radical (unpaired) electrons. The number of hydroxylamine groups is 2. The molecule has 0 aliphatic carbocycles. The Morgan fingerprint density at radius 3 is 1.27 bits per heavy atom. The van der Waals surface area contributed by atoms with Crippen molar-refractivity contribution in [3.05, 3.63) is 48.5 Å². The Labute approximate surface area is 148 Å². The van der Waals surface area contributed by atoms with E-state index in [1.165, 1.54) is 0 Å². The molecule has 0 amide bonds. The average molecular weight is 356 g/mol. The fourth-order valence-corrected chi connectivity index (χ4v) is 2.01. The van der Waals surface area contributed by atoms with E-state index in [9.17, 15) is 0 Å². The summed E-state index contributed by atoms with van der Waals surface area (Å²) in [6, 6.07) is 14.3. The van der Waals surface area contributed by atoms with Crippen LogP contribution in [0.3, 0.4) is 0 Å². The maximum atomic E-state index is 8.86. The summed E-state index contributed by atoms with van der Waals surface area (Å²) < 4.78 is 0. The smallest absolute Gasteiger partial charge is 0.172 e. The quantitative estimate of drug-likeness (QED) is 0.209. The van der Waals surface area contributed by atoms with Crippen LogP contribution in [0.2, 0.25) is 0 Å². The lowest BCUT2D eigenvalue weighted by Gasteiger charge is -2.04. The number of nitrogens with one attached hydrogen (secondary N) is 2. The number of hydrogen-bond acceptors (Lipinski definition) is 8. The molecule has 0 aliphatic rings. The second-order valence-electron chi connectivity index (χ2n) is 4.80. The highest BCUT2D eigenvalue weighted by molar-refractivity contribution is 6.29. The van der Waals surface area contributed by atoms with Crippen LogP contribution < -0.4 is 11.0 Å². The van der Waals surface area contributed by atoms with Crippen molar-refractivity contribution in [1.29, 1.82) is 0 Å². The fourth-order valence-electron chi connectivity index (χ4n) is 2.01. The van der Waals surface area contributed by atoms with Crippen molar-refractivity contribution in [2.24, 2.45) is 20.3 Å². The van der Waals surface area contributed by atoms with Gasteiger partial charge < -0.3 is 10.4 Å². The minimum atomic E-state index is -0.0119. The van der Waals surface area contributed by atoms with Gasteiger partial charge in [-0.2, -0.15) is 0 Å². The Hall–Kier alpha value is -3.76. The minimum absolute atomic E-state index is 0.0119. The van der Waals surface area contributed by atoms with Crippen molar-refractivity contribution in [3.63, 3.8) is 0 Å². The zero-order valence-corrected chi connectivity index (χ0v) is 13.4. The largest absolute Gasteiger partial charge is 0.411 e. The van der Waals surface area contributed by atoms with E-state index in [0.717, 1.165) is 23.6 Å². The van der Waals surface area contributed by atoms with E-state index in [1.54, 1.807) is 24.3 Å². The molecular weight excluding hydrogens is 340 g/mol. The normalized spacial score (nSPS) is 12.7. The third kappa shape index (κ3) is 5.12. The lowest BCUT2D eigenvalue weighted by atomic mass is 10.1. The van der Waals surface area contributed by atoms with Crippen molar-refractivity contribution in [2.45, 2.75) is 0 Å². The van der Waals surface area contributed by atoms with Gasteiger partial charge in [0.2, 0.25) is 0 Å². The van der Waals surface area contributed by atoms with Gasteiger partial charge in [0.1, 0.15) is 12.4 Å². The molecule has 2 aromatic rings. The number of rotatable bonds is 5. The molecule has 2 rings (SSSR count). The summed E-state index contributed by atoms with van der Waals surface area (Å²) in [7, 11) is 0. The monoisotopic (exact) mass is 356 g/mol. The van der Waals surface area contributed by atoms with Crippen LogP contribution in [-0.4, -0.2) is 44.9 Å². The first-order valence-corrected chi connectivity index (χ1v) is 7.23. The van der Waals surface area contributed by atoms with Crippen LogP contribution in [0, 0.1) is 0 Å². The standard InChI is InChI=1S/C16H16N6O4/c23-17-9-15(21-25)19-13-5-1-11(2-6-13)12-3-7-14(8-4-12)20-16(22-26)10-18-24/h1-10,23-26H,(H,19,21)(H,20,22)/b17-9-,18-10+. The molecule has 6 N–H and O–H groups in total. The summed E-state index contributed by atoms with van der Waals surface area (Å²) >= 11 is 0. The van der Waals surface area contributed by atoms with Crippen LogP contribution in [0.15, 0.2) is 68.8 Å². The average Bonchev–Trinajstić information content (AvgIpc) is 2.68. The number of amidine groups is 2. The number of hydrogen-bond donors (Lipinski definition) is 6. The second-order valence-corrected chi connectivity index (χ2v) is 4.80. The van der Waals surface area contributed by atoms with Crippen molar-refractivity contribution in [2.75, 3.05) is 0 Å². The van der Waals surface area contributed by atoms with Crippen molar-refractivity contribution < 1.29 is 20.8 Å². The van der Waals surface area contributed by atoms with Crippen molar-refractivity contribution in [1.82, 2.24) is 11.0 Å². The first kappa shape index (κ1) is 18.6. The zero-order chi connectivity index (χ0) is 18.8. The number of nitrogens with zero attached hydrogens (tertiary/aromatic N) is 4. The van der Waals surface area contributed by atoms with Crippen LogP contribution in [0.4, 0.5) is 11.4 Å². The highest BCUT2D eigenvalue weighted by Gasteiger charge is 2.01. The van der Waals surface area contributed by atoms with Gasteiger partial charge >= 0.3 is 0 Å². The summed E-state index contributed by atoms with van der Waals surface area (Å²) in [5.74, 6) is -0.0237. The SMILES string of the molecule is O/N=C\C(=Nc1ccc(-c2ccc(N=C(/C=N/O)NO)cc2)cc1)NO. The van der Waals surface area contributed by atoms with E-state index in [4.69, 9.17) is 20.8 Å². The van der Waals surface area contributed by atoms with Gasteiger partial charge in [0.05, 0.1) is 11.4 Å². The third-order valence-corrected chi connectivity index (χ3v) is 3.16. The van der Waals surface area contributed by atoms with Crippen LogP contribution in [-0.2, 0) is 0 Å². The van der Waals surface area contributed by atoms with E-state index in [0.29, 0.717) is 11.4 Å². The number of aliphatic imine (C=N–C) groups is 2. The fraction of sp³-hybridized carbons (Fsp3) is 0. The molecule has 26 heavy (non-hydrogen) atoms. The Bertz CT molecular complexity index is 757. The molecule has 0 heterocycles. The first-order valence-electron chi connectivity index (χ1n) is 7.23. The molecule has 0 unspecified atom stereocenters. The minimum Gasteiger partial charge on any atom is -0.411 e. The van der Waals surface area contributed by atoms with Gasteiger partial charge in [0, 0.05) is 0 Å². The predicted molar refractivity (Wildman–Crippen MR) is 96.5 cm³/mol. The van der Waals surface area contributed by atoms with Crippen LogP contribution >= 0.6 is 0 Å². The Morgan fingerprint density at radius 2 is 1.00 bits per heavy atom. The summed E-state index contributed by atoms with van der Waals surface area (Å²) in [6.45, 7) is 0. The molecule has 10 heteroatoms. The van der Waals surface area contributed by atoms with E-state index < -0.39 is 0 Å². The second kappa shape index (κ2) is 9.52. The molecule has 0 atom stereocenters. The highest BCUT2D eigenvalue weighted by atomic mass is 16.5. The topological polar surface area (TPSA) is 154 Å². The Morgan fingerprint density at radius 1 is 0.654 bits per heavy atom. The molecule has 0 saturated heterocycles. The summed E-state index contributed by atoms with van der Waals surface area (Å²) in [6.07, 6.45) is 1.92. The van der Waals surface area contributed by atoms with E-state index in [2.05, 4.69) is 20.3 Å². The maximum Gasteiger partial charge on any atom is 0.172 e. The van der Waals surface area contributed by atoms with Crippen molar-refractivity contribution >= 4 is 35.5 Å². The van der Waals surface area contributed by atoms with E-state index in [-0.39, 0.29) is 11.7 Å². The molecule has 0 saturated carbocycles. The lowest BCUT2D eigenvalue weighted by molar-refractivity contribution is 0.236. The predicted octanol–water partition coefficient (Wildman–Crippen LogP) is 2.29. The van der Waals surface area contributed by atoms with Gasteiger partial charge in [-0.25, -0.2) is 9.98 Å². The van der Waals surface area contributed by atoms with Crippen molar-refractivity contribution in [3.8, 4) is 11.1 Å². The number of benzene rings is 2. The molecule has 0 fully saturated rings. The molecule has 10 nitrogen and oxygen atoms in total. The van der Waals surface area contributed by atoms with E-state index >= 15 is 0 Å². The van der Waals surface area contributed by atoms with Gasteiger partial charge in [-0.1, -0.05) is 34.6 Å². The Kier molecular flexibility index (Phi) is 6.80. The molecule has 0 aliphatic heterocycles. The van der Waals surface area contributed by atoms with E-state index in [1.807, 2.05) is 35.2 Å². The van der Waals surface area contributed by atoms with Gasteiger partial charge in [-0.05, 0) is 35.4 Å². The van der Waals surface area contributed by atoms with Gasteiger partial charge in [-0.3, -0.25) is 21.4 Å². The molecule has 134 valence electrons. The summed E-state index contributed by atoms with van der Waals surface area (Å²) in [5.41, 5.74) is 6.57. The van der Waals surface area contributed by atoms with Crippen LogP contribution in [0.5, 0.6) is 0 Å². The molecule has 0 bridgehead atoms. The first-order chi connectivity index (χ1) is 12.7. The number of oxime groups is 2. The third-order valence-electron chi connectivity index (χ3n) is 3.16. The lowest BCUT2D eigenvalue weighted by Crippen LogP contribution is -2.19. The Balaban J connectivity index is 2.19. The zero-order valence-electron chi connectivity index (χ0n) is 13.4. The summed E-state index contributed by atoms with van der Waals surface area (Å²) in [5, 5.41) is 40.2. The molecule has 2 aromatic carbocycles. The molecule has 0 aromatic heterocycles. The van der Waals surface area contributed by atoms with Gasteiger partial charge in [0.15, 0.2) is 11.7 Å². The summed E-state index contributed by atoms with van der Waals surface area (Å²) in [4.78, 5) is 8.08. The molecule has 0 spiro atoms. The van der Waals surface area contributed by atoms with Gasteiger partial charge in [0.25, 0.3) is 0 Å². The molecular formula is C16H16N6O4.